The van der Waals surface area contributed by atoms with Crippen LogP contribution in [0.4, 0.5) is 0 Å². The van der Waals surface area contributed by atoms with Crippen molar-refractivity contribution in [2.45, 2.75) is 77.2 Å². The molecule has 3 aromatic carbocycles. The topological polar surface area (TPSA) is 110 Å². The Kier molecular flexibility index (Phi) is 13.5. The van der Waals surface area contributed by atoms with Crippen LogP contribution in [0.1, 0.15) is 93.9 Å². The van der Waals surface area contributed by atoms with E-state index in [9.17, 15) is 9.59 Å². The van der Waals surface area contributed by atoms with Crippen molar-refractivity contribution in [3.8, 4) is 0 Å². The molecule has 1 fully saturated rings. The van der Waals surface area contributed by atoms with Gasteiger partial charge in [0.15, 0.2) is 0 Å². The minimum atomic E-state index is -0.733. The maximum Gasteiger partial charge on any atom is 0.336 e. The Hall–Kier alpha value is -4.80. The molecule has 0 spiro atoms. The first-order valence-electron chi connectivity index (χ1n) is 19.2. The minimum Gasteiger partial charge on any atom is -0.466 e. The molecule has 53 heavy (non-hydrogen) atoms. The van der Waals surface area contributed by atoms with Crippen LogP contribution in [-0.2, 0) is 19.1 Å². The number of allylic oxidation sites excluding steroid dienone is 2. The van der Waals surface area contributed by atoms with Gasteiger partial charge in [0.1, 0.15) is 11.0 Å². The molecule has 2 aliphatic rings. The third kappa shape index (κ3) is 9.42. The van der Waals surface area contributed by atoms with Crippen LogP contribution in [0.5, 0.6) is 0 Å². The number of carbonyl (C=O) groups is 2. The molecule has 10 nitrogen and oxygen atoms in total. The maximum absolute atomic E-state index is 13.6. The molecule has 4 aromatic rings. The predicted octanol–water partition coefficient (Wildman–Crippen LogP) is 7.70. The Morgan fingerprint density at radius 2 is 1.32 bits per heavy atom. The van der Waals surface area contributed by atoms with Gasteiger partial charge >= 0.3 is 11.9 Å². The quantitative estimate of drug-likeness (QED) is 0.0861. The largest absolute Gasteiger partial charge is 0.466 e. The van der Waals surface area contributed by atoms with E-state index in [4.69, 9.17) is 14.1 Å². The lowest BCUT2D eigenvalue weighted by atomic mass is 9.80. The molecule has 0 unspecified atom stereocenters. The van der Waals surface area contributed by atoms with Gasteiger partial charge in [-0.15, -0.1) is 0 Å². The summed E-state index contributed by atoms with van der Waals surface area (Å²) in [7, 11) is 1.33. The number of nitrogens with zero attached hydrogens (tertiary/aromatic N) is 4. The summed E-state index contributed by atoms with van der Waals surface area (Å²) in [5.41, 5.74) is 6.32. The third-order valence-electron chi connectivity index (χ3n) is 10.6. The van der Waals surface area contributed by atoms with Crippen molar-refractivity contribution in [3.05, 3.63) is 118 Å². The van der Waals surface area contributed by atoms with Gasteiger partial charge < -0.3 is 19.7 Å². The van der Waals surface area contributed by atoms with Crippen LogP contribution in [0.25, 0.3) is 11.0 Å². The normalized spacial score (nSPS) is 17.0. The summed E-state index contributed by atoms with van der Waals surface area (Å²) in [5, 5.41) is 11.2. The van der Waals surface area contributed by atoms with Crippen LogP contribution >= 0.6 is 0 Å². The van der Waals surface area contributed by atoms with E-state index in [1.165, 1.54) is 56.9 Å². The van der Waals surface area contributed by atoms with Crippen molar-refractivity contribution < 1.29 is 23.7 Å². The van der Waals surface area contributed by atoms with Gasteiger partial charge in [-0.05, 0) is 66.3 Å². The van der Waals surface area contributed by atoms with Crippen molar-refractivity contribution in [2.24, 2.45) is 0 Å². The Labute approximate surface area is 313 Å². The number of hydrogen-bond acceptors (Lipinski definition) is 10. The monoisotopic (exact) mass is 719 g/mol. The molecule has 1 N–H and O–H groups in total. The number of fused-ring (bicyclic) bond motifs is 1. The number of hydrogen-bond donors (Lipinski definition) is 1. The maximum atomic E-state index is 13.6. The lowest BCUT2D eigenvalue weighted by molar-refractivity contribution is -0.139. The Morgan fingerprint density at radius 1 is 0.736 bits per heavy atom. The van der Waals surface area contributed by atoms with Crippen LogP contribution in [0.3, 0.4) is 0 Å². The average Bonchev–Trinajstić information content (AvgIpc) is 3.67. The minimum absolute atomic E-state index is 0.308. The molecule has 0 bridgehead atoms. The molecule has 0 aliphatic carbocycles. The van der Waals surface area contributed by atoms with Crippen molar-refractivity contribution in [1.29, 1.82) is 0 Å². The number of carbonyl (C=O) groups excluding carboxylic acids is 2. The van der Waals surface area contributed by atoms with Gasteiger partial charge in [-0.2, -0.15) is 0 Å². The Bertz CT molecular complexity index is 1820. The van der Waals surface area contributed by atoms with Gasteiger partial charge in [0.05, 0.1) is 36.8 Å². The van der Waals surface area contributed by atoms with E-state index >= 15 is 0 Å². The molecule has 1 atom stereocenters. The van der Waals surface area contributed by atoms with Gasteiger partial charge in [0, 0.05) is 37.6 Å². The number of methoxy groups -OCH3 is 1. The molecule has 0 saturated carbocycles. The highest BCUT2D eigenvalue weighted by Crippen LogP contribution is 2.41. The molecular weight excluding hydrogens is 667 g/mol. The van der Waals surface area contributed by atoms with Crippen molar-refractivity contribution >= 4 is 23.0 Å². The molecule has 3 heterocycles. The number of aromatic nitrogens is 2. The van der Waals surface area contributed by atoms with Gasteiger partial charge in [-0.25, -0.2) is 14.2 Å². The molecule has 6 rings (SSSR count). The second kappa shape index (κ2) is 18.8. The average molecular weight is 720 g/mol. The van der Waals surface area contributed by atoms with E-state index in [1.54, 1.807) is 13.0 Å². The zero-order valence-electron chi connectivity index (χ0n) is 31.4. The molecule has 280 valence electrons. The number of rotatable bonds is 17. The lowest BCUT2D eigenvalue weighted by Crippen LogP contribution is -2.48. The van der Waals surface area contributed by atoms with E-state index in [0.717, 1.165) is 45.4 Å². The summed E-state index contributed by atoms with van der Waals surface area (Å²) < 4.78 is 15.9. The van der Waals surface area contributed by atoms with Gasteiger partial charge in [-0.3, -0.25) is 4.90 Å². The van der Waals surface area contributed by atoms with Crippen LogP contribution in [-0.4, -0.2) is 78.5 Å². The first-order valence-corrected chi connectivity index (χ1v) is 19.2. The highest BCUT2D eigenvalue weighted by molar-refractivity contribution is 6.01. The van der Waals surface area contributed by atoms with Gasteiger partial charge in [-0.1, -0.05) is 111 Å². The Balaban J connectivity index is 0.878. The molecule has 0 radical (unpaired) electrons. The molecule has 1 aromatic heterocycles. The number of esters is 2. The smallest absolute Gasteiger partial charge is 0.336 e. The molecular formula is C43H53N5O5. The highest BCUT2D eigenvalue weighted by Gasteiger charge is 2.39. The second-order valence-corrected chi connectivity index (χ2v) is 14.2. The highest BCUT2D eigenvalue weighted by atomic mass is 16.6. The fraction of sp³-hybridized carbons (Fsp3) is 0.442. The van der Waals surface area contributed by atoms with Gasteiger partial charge in [0.25, 0.3) is 0 Å². The first kappa shape index (κ1) is 37.9. The van der Waals surface area contributed by atoms with E-state index in [-0.39, 0.29) is 0 Å². The van der Waals surface area contributed by atoms with Gasteiger partial charge in [0.2, 0.25) is 0 Å². The zero-order valence-corrected chi connectivity index (χ0v) is 31.4. The summed E-state index contributed by atoms with van der Waals surface area (Å²) >= 11 is 0. The summed E-state index contributed by atoms with van der Waals surface area (Å²) in [5.74, 6) is -1.72. The standard InChI is InChI=1S/C43H53N5O5/c1-31-37(42(49)51-3)39(35-23-18-24-36-40(35)46-53-45-36)38(32(2)44-31)43(50)52-30-17-9-7-5-4-6-8-16-25-47-26-28-48(29-27-47)41(33-19-12-10-13-20-33)34-21-14-11-15-22-34/h10-15,18-24,39,41,44H,4-9,16-17,25-30H2,1-3H3/t39-/m1/s1. The van der Waals surface area contributed by atoms with Crippen molar-refractivity contribution in [1.82, 2.24) is 25.4 Å². The van der Waals surface area contributed by atoms with Crippen LogP contribution in [0, 0.1) is 0 Å². The Morgan fingerprint density at radius 3 is 1.94 bits per heavy atom. The van der Waals surface area contributed by atoms with E-state index < -0.39 is 17.9 Å². The number of piperazine rings is 1. The summed E-state index contributed by atoms with van der Waals surface area (Å²) in [4.78, 5) is 31.8. The number of ether oxygens (including phenoxy) is 2. The molecule has 2 aliphatic heterocycles. The zero-order chi connectivity index (χ0) is 37.0. The lowest BCUT2D eigenvalue weighted by Gasteiger charge is -2.39. The van der Waals surface area contributed by atoms with Crippen molar-refractivity contribution in [2.75, 3.05) is 46.4 Å². The second-order valence-electron chi connectivity index (χ2n) is 14.2. The summed E-state index contributed by atoms with van der Waals surface area (Å²) in [6, 6.07) is 27.5. The SMILES string of the molecule is COC(=O)C1=C(C)NC(C)=C(C(=O)OCCCCCCCCCCN2CCN(C(c3ccccc3)c3ccccc3)CC2)[C@@H]1c1cccc2nonc12. The molecule has 10 heteroatoms. The molecule has 0 amide bonds. The molecule has 1 saturated heterocycles. The first-order chi connectivity index (χ1) is 26.0. The van der Waals surface area contributed by atoms with Crippen LogP contribution < -0.4 is 5.32 Å². The number of unbranched alkanes of at least 4 members (excludes halogenated alkanes) is 7. The van der Waals surface area contributed by atoms with Crippen LogP contribution in [0.15, 0.2) is 106 Å². The summed E-state index contributed by atoms with van der Waals surface area (Å²) in [6.45, 7) is 9.51. The number of nitrogens with one attached hydrogen (secondary N) is 1. The van der Waals surface area contributed by atoms with E-state index in [2.05, 4.69) is 86.1 Å². The fourth-order valence-electron chi connectivity index (χ4n) is 7.89. The number of dihydropyridines is 1. The van der Waals surface area contributed by atoms with E-state index in [0.29, 0.717) is 51.8 Å². The fourth-order valence-corrected chi connectivity index (χ4v) is 7.89. The third-order valence-corrected chi connectivity index (χ3v) is 10.6. The predicted molar refractivity (Wildman–Crippen MR) is 206 cm³/mol. The summed E-state index contributed by atoms with van der Waals surface area (Å²) in [6.07, 6.45) is 9.08. The van der Waals surface area contributed by atoms with Crippen LogP contribution in [0.2, 0.25) is 0 Å². The van der Waals surface area contributed by atoms with E-state index in [1.807, 2.05) is 19.1 Å². The van der Waals surface area contributed by atoms with Crippen molar-refractivity contribution in [3.63, 3.8) is 0 Å². The number of benzene rings is 3.